The van der Waals surface area contributed by atoms with Crippen LogP contribution in [0.4, 0.5) is 16.2 Å². The van der Waals surface area contributed by atoms with E-state index >= 15 is 0 Å². The molecule has 0 spiro atoms. The predicted octanol–water partition coefficient (Wildman–Crippen LogP) is 4.56. The first-order valence-electron chi connectivity index (χ1n) is 10.4. The smallest absolute Gasteiger partial charge is 0.407 e. The third-order valence-corrected chi connectivity index (χ3v) is 5.42. The molecule has 0 bridgehead atoms. The number of halogens is 1. The highest BCUT2D eigenvalue weighted by molar-refractivity contribution is 9.10. The maximum Gasteiger partial charge on any atom is 0.407 e. The Bertz CT molecular complexity index is 921. The van der Waals surface area contributed by atoms with Crippen LogP contribution in [0.5, 0.6) is 0 Å². The maximum absolute atomic E-state index is 12.2. The number of hydrogen-bond donors (Lipinski definition) is 3. The number of carbonyl (C=O) groups excluding carboxylic acids is 2. The van der Waals surface area contributed by atoms with Gasteiger partial charge < -0.3 is 25.3 Å². The van der Waals surface area contributed by atoms with E-state index in [-0.39, 0.29) is 11.9 Å². The van der Waals surface area contributed by atoms with E-state index < -0.39 is 11.7 Å². The van der Waals surface area contributed by atoms with E-state index in [2.05, 4.69) is 41.4 Å². The average Bonchev–Trinajstić information content (AvgIpc) is 3.03. The van der Waals surface area contributed by atoms with Crippen molar-refractivity contribution in [3.8, 4) is 0 Å². The minimum atomic E-state index is -0.532. The number of H-pyrrole nitrogens is 1. The van der Waals surface area contributed by atoms with Crippen LogP contribution in [0, 0.1) is 0 Å². The summed E-state index contributed by atoms with van der Waals surface area (Å²) in [6.45, 7) is 9.02. The van der Waals surface area contributed by atoms with Crippen LogP contribution in [0.25, 0.3) is 11.0 Å². The number of amides is 2. The van der Waals surface area contributed by atoms with Gasteiger partial charge >= 0.3 is 6.09 Å². The van der Waals surface area contributed by atoms with Crippen LogP contribution in [0.1, 0.15) is 53.4 Å². The van der Waals surface area contributed by atoms with Crippen molar-refractivity contribution in [3.05, 3.63) is 16.9 Å². The maximum atomic E-state index is 12.2. The van der Waals surface area contributed by atoms with Crippen LogP contribution < -0.4 is 15.5 Å². The van der Waals surface area contributed by atoms with Gasteiger partial charge in [0.05, 0.1) is 21.2 Å². The second-order valence-corrected chi connectivity index (χ2v) is 9.46. The second kappa shape index (κ2) is 9.24. The molecule has 0 saturated carbocycles. The van der Waals surface area contributed by atoms with Crippen molar-refractivity contribution in [3.63, 3.8) is 0 Å². The molecule has 0 radical (unpaired) electrons. The molecule has 2 amide bonds. The Morgan fingerprint density at radius 3 is 2.87 bits per heavy atom. The topological polar surface area (TPSA) is 99.4 Å². The second-order valence-electron chi connectivity index (χ2n) is 8.61. The van der Waals surface area contributed by atoms with E-state index in [0.717, 1.165) is 47.0 Å². The molecule has 3 heterocycles. The zero-order valence-electron chi connectivity index (χ0n) is 18.0. The molecule has 1 fully saturated rings. The zero-order valence-corrected chi connectivity index (χ0v) is 19.6. The van der Waals surface area contributed by atoms with Crippen molar-refractivity contribution < 1.29 is 14.3 Å². The minimum absolute atomic E-state index is 0.0209. The molecule has 2 aromatic rings. The highest BCUT2D eigenvalue weighted by Crippen LogP contribution is 2.39. The van der Waals surface area contributed by atoms with E-state index in [1.807, 2.05) is 27.7 Å². The highest BCUT2D eigenvalue weighted by Gasteiger charge is 2.27. The fourth-order valence-electron chi connectivity index (χ4n) is 3.68. The Kier molecular flexibility index (Phi) is 6.90. The Morgan fingerprint density at radius 2 is 2.17 bits per heavy atom. The van der Waals surface area contributed by atoms with Gasteiger partial charge in [-0.05, 0) is 56.0 Å². The number of fused-ring (bicyclic) bond motifs is 1. The van der Waals surface area contributed by atoms with Gasteiger partial charge in [-0.2, -0.15) is 0 Å². The summed E-state index contributed by atoms with van der Waals surface area (Å²) in [5.41, 5.74) is 1.86. The third-order valence-electron chi connectivity index (χ3n) is 4.84. The zero-order chi connectivity index (χ0) is 21.9. The lowest BCUT2D eigenvalue weighted by molar-refractivity contribution is -0.116. The lowest BCUT2D eigenvalue weighted by atomic mass is 10.0. The molecule has 0 aliphatic carbocycles. The van der Waals surface area contributed by atoms with Gasteiger partial charge in [0, 0.05) is 37.9 Å². The number of nitrogens with one attached hydrogen (secondary N) is 3. The number of rotatable bonds is 5. The molecule has 164 valence electrons. The molecule has 8 nitrogen and oxygen atoms in total. The van der Waals surface area contributed by atoms with Crippen molar-refractivity contribution >= 4 is 50.3 Å². The van der Waals surface area contributed by atoms with E-state index in [9.17, 15) is 9.59 Å². The van der Waals surface area contributed by atoms with Crippen LogP contribution in [0.15, 0.2) is 16.9 Å². The number of piperidine rings is 1. The normalized spacial score (nSPS) is 17.1. The summed E-state index contributed by atoms with van der Waals surface area (Å²) in [5, 5.41) is 6.85. The van der Waals surface area contributed by atoms with Gasteiger partial charge in [-0.15, -0.1) is 0 Å². The summed E-state index contributed by atoms with van der Waals surface area (Å²) in [7, 11) is 0. The highest BCUT2D eigenvalue weighted by atomic mass is 79.9. The molecule has 30 heavy (non-hydrogen) atoms. The van der Waals surface area contributed by atoms with Crippen LogP contribution in [-0.4, -0.2) is 46.7 Å². The number of carbonyl (C=O) groups is 2. The van der Waals surface area contributed by atoms with Crippen LogP contribution >= 0.6 is 15.9 Å². The van der Waals surface area contributed by atoms with Gasteiger partial charge in [0.25, 0.3) is 0 Å². The first-order valence-corrected chi connectivity index (χ1v) is 11.2. The van der Waals surface area contributed by atoms with Crippen molar-refractivity contribution in [2.24, 2.45) is 0 Å². The van der Waals surface area contributed by atoms with Gasteiger partial charge in [0.15, 0.2) is 0 Å². The van der Waals surface area contributed by atoms with Crippen molar-refractivity contribution in [1.82, 2.24) is 15.3 Å². The summed E-state index contributed by atoms with van der Waals surface area (Å²) >= 11 is 3.64. The Hall–Kier alpha value is -2.29. The average molecular weight is 480 g/mol. The Balaban J connectivity index is 1.84. The molecule has 0 unspecified atom stereocenters. The molecule has 9 heteroatoms. The summed E-state index contributed by atoms with van der Waals surface area (Å²) in [6, 6.07) is -0.0270. The van der Waals surface area contributed by atoms with Gasteiger partial charge in [-0.3, -0.25) is 4.79 Å². The van der Waals surface area contributed by atoms with Crippen LogP contribution in [0.3, 0.4) is 0 Å². The number of alkyl carbamates (subject to hydrolysis) is 1. The van der Waals surface area contributed by atoms with E-state index in [4.69, 9.17) is 4.74 Å². The molecule has 1 atom stereocenters. The molecule has 1 aliphatic heterocycles. The molecule has 2 aromatic heterocycles. The number of aromatic nitrogens is 2. The molecular formula is C21H30BrN5O3. The van der Waals surface area contributed by atoms with Crippen LogP contribution in [-0.2, 0) is 9.53 Å². The van der Waals surface area contributed by atoms with E-state index in [1.54, 1.807) is 12.4 Å². The van der Waals surface area contributed by atoms with Gasteiger partial charge in [0.2, 0.25) is 5.91 Å². The standard InChI is InChI=1S/C21H30BrN5O3/c1-5-7-16(28)26-15-11-24-19-17(15)18(14(22)10-23-19)27-9-6-8-13(12-27)25-20(29)30-21(2,3)4/h10-11,13H,5-9,12H2,1-4H3,(H,23,24)(H,25,29)(H,26,28)/t13-/m1/s1. The van der Waals surface area contributed by atoms with Gasteiger partial charge in [0.1, 0.15) is 11.2 Å². The summed E-state index contributed by atoms with van der Waals surface area (Å²) in [6.07, 6.45) is 6.20. The number of nitrogens with zero attached hydrogens (tertiary/aromatic N) is 2. The fraction of sp³-hybridized carbons (Fsp3) is 0.571. The number of pyridine rings is 1. The Labute approximate surface area is 185 Å². The van der Waals surface area contributed by atoms with Gasteiger partial charge in [-0.25, -0.2) is 9.78 Å². The molecule has 3 rings (SSSR count). The molecule has 1 saturated heterocycles. The SMILES string of the molecule is CCCC(=O)Nc1c[nH]c2ncc(Br)c(N3CCC[C@@H](NC(=O)OC(C)(C)C)C3)c12. The lowest BCUT2D eigenvalue weighted by Crippen LogP contribution is -2.49. The van der Waals surface area contributed by atoms with E-state index in [0.29, 0.717) is 18.6 Å². The quantitative estimate of drug-likeness (QED) is 0.583. The molecular weight excluding hydrogens is 450 g/mol. The predicted molar refractivity (Wildman–Crippen MR) is 122 cm³/mol. The fourth-order valence-corrected chi connectivity index (χ4v) is 4.23. The van der Waals surface area contributed by atoms with Gasteiger partial charge in [-0.1, -0.05) is 6.92 Å². The lowest BCUT2D eigenvalue weighted by Gasteiger charge is -2.36. The number of hydrogen-bond acceptors (Lipinski definition) is 5. The minimum Gasteiger partial charge on any atom is -0.444 e. The number of ether oxygens (including phenoxy) is 1. The molecule has 3 N–H and O–H groups in total. The number of aromatic amines is 1. The first-order chi connectivity index (χ1) is 14.2. The van der Waals surface area contributed by atoms with E-state index in [1.165, 1.54) is 0 Å². The third kappa shape index (κ3) is 5.44. The largest absolute Gasteiger partial charge is 0.444 e. The van der Waals surface area contributed by atoms with Crippen LogP contribution in [0.2, 0.25) is 0 Å². The summed E-state index contributed by atoms with van der Waals surface area (Å²) in [5.74, 6) is -0.0209. The number of anilines is 2. The summed E-state index contributed by atoms with van der Waals surface area (Å²) < 4.78 is 6.25. The molecule has 0 aromatic carbocycles. The molecule has 1 aliphatic rings. The van der Waals surface area contributed by atoms with Crippen molar-refractivity contribution in [2.75, 3.05) is 23.3 Å². The first kappa shape index (κ1) is 22.4. The monoisotopic (exact) mass is 479 g/mol. The Morgan fingerprint density at radius 1 is 1.40 bits per heavy atom. The van der Waals surface area contributed by atoms with Crippen molar-refractivity contribution in [2.45, 2.75) is 65.0 Å². The van der Waals surface area contributed by atoms with Crippen molar-refractivity contribution in [1.29, 1.82) is 0 Å². The summed E-state index contributed by atoms with van der Waals surface area (Å²) in [4.78, 5) is 34.2.